The lowest BCUT2D eigenvalue weighted by Gasteiger charge is -2.31. The van der Waals surface area contributed by atoms with Crippen molar-refractivity contribution in [2.24, 2.45) is 0 Å². The summed E-state index contributed by atoms with van der Waals surface area (Å²) in [5, 5.41) is 2.81. The highest BCUT2D eigenvalue weighted by Gasteiger charge is 2.28. The van der Waals surface area contributed by atoms with Crippen molar-refractivity contribution < 1.29 is 14.0 Å². The number of carbonyl (C=O) groups is 2. The fourth-order valence-electron chi connectivity index (χ4n) is 4.37. The van der Waals surface area contributed by atoms with E-state index in [0.29, 0.717) is 31.7 Å². The number of nitrogens with zero attached hydrogens (tertiary/aromatic N) is 3. The van der Waals surface area contributed by atoms with Gasteiger partial charge in [-0.1, -0.05) is 12.1 Å². The van der Waals surface area contributed by atoms with Gasteiger partial charge in [0.2, 0.25) is 0 Å². The second-order valence-electron chi connectivity index (χ2n) is 7.97. The maximum absolute atomic E-state index is 13.0. The lowest BCUT2D eigenvalue weighted by Crippen LogP contribution is -2.38. The van der Waals surface area contributed by atoms with Crippen molar-refractivity contribution in [3.05, 3.63) is 59.5 Å². The van der Waals surface area contributed by atoms with Crippen LogP contribution in [0.2, 0.25) is 0 Å². The Balaban J connectivity index is 1.26. The number of hydrogen-bond donors (Lipinski definition) is 1. The minimum Gasteiger partial charge on any atom is -0.440 e. The van der Waals surface area contributed by atoms with Crippen molar-refractivity contribution in [2.75, 3.05) is 31.1 Å². The number of para-hydroxylation sites is 2. The predicted octanol–water partition coefficient (Wildman–Crippen LogP) is 3.69. The van der Waals surface area contributed by atoms with E-state index in [-0.39, 0.29) is 17.9 Å². The first-order valence-electron chi connectivity index (χ1n) is 10.4. The molecule has 0 bridgehead atoms. The molecule has 2 saturated heterocycles. The summed E-state index contributed by atoms with van der Waals surface area (Å²) in [5.41, 5.74) is 4.15. The highest BCUT2D eigenvalue weighted by molar-refractivity contribution is 5.98. The Hall–Kier alpha value is -3.35. The molecular weight excluding hydrogens is 380 g/mol. The van der Waals surface area contributed by atoms with Gasteiger partial charge in [-0.3, -0.25) is 9.69 Å². The lowest BCUT2D eigenvalue weighted by atomic mass is 9.96. The summed E-state index contributed by atoms with van der Waals surface area (Å²) >= 11 is 0. The average Bonchev–Trinajstić information content (AvgIpc) is 3.39. The van der Waals surface area contributed by atoms with Crippen LogP contribution in [0.4, 0.5) is 10.5 Å². The fourth-order valence-corrected chi connectivity index (χ4v) is 4.37. The van der Waals surface area contributed by atoms with Gasteiger partial charge in [0, 0.05) is 43.3 Å². The number of benzene rings is 2. The Morgan fingerprint density at radius 2 is 1.93 bits per heavy atom. The number of amides is 3. The van der Waals surface area contributed by atoms with E-state index in [1.165, 1.54) is 0 Å². The van der Waals surface area contributed by atoms with Gasteiger partial charge in [-0.05, 0) is 55.7 Å². The first-order chi connectivity index (χ1) is 14.6. The fraction of sp³-hybridized carbons (Fsp3) is 0.348. The molecule has 0 spiro atoms. The molecule has 3 heterocycles. The molecule has 0 saturated carbocycles. The Morgan fingerprint density at radius 1 is 1.13 bits per heavy atom. The van der Waals surface area contributed by atoms with E-state index in [2.05, 4.69) is 10.3 Å². The smallest absolute Gasteiger partial charge is 0.322 e. The molecule has 0 atom stereocenters. The standard InChI is InChI=1S/C23H24N4O3/c1-15-14-17(6-7-19(15)27-13-10-24-23(27)29)22(28)26-11-8-16(9-12-26)21-25-18-4-2-3-5-20(18)30-21/h2-7,14,16H,8-13H2,1H3,(H,24,29). The van der Waals surface area contributed by atoms with Crippen LogP contribution in [0.25, 0.3) is 11.1 Å². The number of carbonyl (C=O) groups excluding carboxylic acids is 2. The molecule has 1 N–H and O–H groups in total. The Labute approximate surface area is 174 Å². The highest BCUT2D eigenvalue weighted by Crippen LogP contribution is 2.31. The van der Waals surface area contributed by atoms with Gasteiger partial charge in [0.1, 0.15) is 5.52 Å². The van der Waals surface area contributed by atoms with E-state index in [4.69, 9.17) is 4.42 Å². The molecule has 0 aliphatic carbocycles. The second kappa shape index (κ2) is 7.48. The number of urea groups is 1. The van der Waals surface area contributed by atoms with Crippen molar-refractivity contribution in [3.8, 4) is 0 Å². The topological polar surface area (TPSA) is 78.7 Å². The molecule has 2 aliphatic rings. The number of oxazole rings is 1. The maximum atomic E-state index is 13.0. The van der Waals surface area contributed by atoms with Crippen molar-refractivity contribution >= 4 is 28.7 Å². The zero-order valence-corrected chi connectivity index (χ0v) is 16.9. The Bertz CT molecular complexity index is 1080. The molecular formula is C23H24N4O3. The van der Waals surface area contributed by atoms with E-state index in [1.807, 2.05) is 54.3 Å². The second-order valence-corrected chi connectivity index (χ2v) is 7.97. The van der Waals surface area contributed by atoms with Crippen molar-refractivity contribution in [3.63, 3.8) is 0 Å². The summed E-state index contributed by atoms with van der Waals surface area (Å²) in [6.07, 6.45) is 1.67. The molecule has 7 heteroatoms. The molecule has 2 fully saturated rings. The third-order valence-corrected chi connectivity index (χ3v) is 6.03. The quantitative estimate of drug-likeness (QED) is 0.722. The summed E-state index contributed by atoms with van der Waals surface area (Å²) in [4.78, 5) is 33.2. The third kappa shape index (κ3) is 3.30. The molecule has 3 amide bonds. The van der Waals surface area contributed by atoms with Crippen LogP contribution < -0.4 is 10.2 Å². The number of aryl methyl sites for hydroxylation is 1. The molecule has 0 unspecified atom stereocenters. The average molecular weight is 404 g/mol. The van der Waals surface area contributed by atoms with Crippen molar-refractivity contribution in [1.82, 2.24) is 15.2 Å². The zero-order valence-electron chi connectivity index (χ0n) is 16.9. The number of fused-ring (bicyclic) bond motifs is 1. The lowest BCUT2D eigenvalue weighted by molar-refractivity contribution is 0.0706. The maximum Gasteiger partial charge on any atom is 0.322 e. The van der Waals surface area contributed by atoms with Crippen LogP contribution in [-0.4, -0.2) is 48.0 Å². The van der Waals surface area contributed by atoms with Crippen molar-refractivity contribution in [1.29, 1.82) is 0 Å². The third-order valence-electron chi connectivity index (χ3n) is 6.03. The molecule has 2 aliphatic heterocycles. The van der Waals surface area contributed by atoms with Crippen molar-refractivity contribution in [2.45, 2.75) is 25.7 Å². The van der Waals surface area contributed by atoms with E-state index in [9.17, 15) is 9.59 Å². The Morgan fingerprint density at radius 3 is 2.63 bits per heavy atom. The predicted molar refractivity (Wildman–Crippen MR) is 114 cm³/mol. The summed E-state index contributed by atoms with van der Waals surface area (Å²) in [6, 6.07) is 13.3. The van der Waals surface area contributed by atoms with Gasteiger partial charge in [0.15, 0.2) is 11.5 Å². The minimum atomic E-state index is -0.0848. The monoisotopic (exact) mass is 404 g/mol. The number of anilines is 1. The Kier molecular flexibility index (Phi) is 4.65. The van der Waals surface area contributed by atoms with Crippen LogP contribution in [0.1, 0.15) is 40.6 Å². The van der Waals surface area contributed by atoms with E-state index >= 15 is 0 Å². The summed E-state index contributed by atoms with van der Waals surface area (Å²) in [5.74, 6) is 1.04. The van der Waals surface area contributed by atoms with E-state index in [0.717, 1.165) is 41.1 Å². The number of likely N-dealkylation sites (tertiary alicyclic amines) is 1. The molecule has 2 aromatic carbocycles. The van der Waals surface area contributed by atoms with E-state index in [1.54, 1.807) is 4.90 Å². The molecule has 1 aromatic heterocycles. The van der Waals surface area contributed by atoms with E-state index < -0.39 is 0 Å². The minimum absolute atomic E-state index is 0.0338. The van der Waals surface area contributed by atoms with Crippen LogP contribution in [-0.2, 0) is 0 Å². The number of aromatic nitrogens is 1. The first kappa shape index (κ1) is 18.7. The zero-order chi connectivity index (χ0) is 20.7. The summed E-state index contributed by atoms with van der Waals surface area (Å²) in [6.45, 7) is 4.59. The van der Waals surface area contributed by atoms with Crippen LogP contribution in [0, 0.1) is 6.92 Å². The van der Waals surface area contributed by atoms with Crippen LogP contribution >= 0.6 is 0 Å². The number of rotatable bonds is 3. The summed E-state index contributed by atoms with van der Waals surface area (Å²) < 4.78 is 5.92. The van der Waals surface area contributed by atoms with Crippen LogP contribution in [0.5, 0.6) is 0 Å². The molecule has 30 heavy (non-hydrogen) atoms. The number of piperidine rings is 1. The van der Waals surface area contributed by atoms with Gasteiger partial charge in [0.05, 0.1) is 0 Å². The highest BCUT2D eigenvalue weighted by atomic mass is 16.3. The molecule has 7 nitrogen and oxygen atoms in total. The van der Waals surface area contributed by atoms with Gasteiger partial charge < -0.3 is 14.6 Å². The van der Waals surface area contributed by atoms with Crippen LogP contribution in [0.3, 0.4) is 0 Å². The molecule has 0 radical (unpaired) electrons. The molecule has 5 rings (SSSR count). The van der Waals surface area contributed by atoms with Gasteiger partial charge in [-0.2, -0.15) is 0 Å². The van der Waals surface area contributed by atoms with Gasteiger partial charge in [0.25, 0.3) is 5.91 Å². The van der Waals surface area contributed by atoms with Crippen LogP contribution in [0.15, 0.2) is 46.9 Å². The van der Waals surface area contributed by atoms with Gasteiger partial charge >= 0.3 is 6.03 Å². The normalized spacial score (nSPS) is 17.6. The summed E-state index contributed by atoms with van der Waals surface area (Å²) in [7, 11) is 0. The largest absolute Gasteiger partial charge is 0.440 e. The first-order valence-corrected chi connectivity index (χ1v) is 10.4. The molecule has 154 valence electrons. The number of nitrogens with one attached hydrogen (secondary N) is 1. The SMILES string of the molecule is Cc1cc(C(=O)N2CCC(c3nc4ccccc4o3)CC2)ccc1N1CCNC1=O. The van der Waals surface area contributed by atoms with Gasteiger partial charge in [-0.25, -0.2) is 9.78 Å². The van der Waals surface area contributed by atoms with Gasteiger partial charge in [-0.15, -0.1) is 0 Å². The molecule has 3 aromatic rings. The number of hydrogen-bond acceptors (Lipinski definition) is 4.